The van der Waals surface area contributed by atoms with Crippen LogP contribution in [0, 0.1) is 17.0 Å². The molecule has 0 spiro atoms. The number of aromatic hydroxyl groups is 1. The molecule has 0 aliphatic heterocycles. The fraction of sp³-hybridized carbons (Fsp3) is 0.100. The van der Waals surface area contributed by atoms with E-state index >= 15 is 0 Å². The third kappa shape index (κ3) is 4.34. The molecule has 3 aromatic carbocycles. The Morgan fingerprint density at radius 2 is 1.81 bits per heavy atom. The van der Waals surface area contributed by atoms with Crippen LogP contribution in [0.15, 0.2) is 76.5 Å². The standard InChI is InChI=1S/C20H18N2O3S/c1-14-6-9-17(10-7-14)26-20-11-8-16(22(24)25)12-15(20)13-21-18-4-2-3-5-19(18)23/h2-12,21,23H,13H2,1H3. The SMILES string of the molecule is Cc1ccc(Sc2ccc([N+](=O)[O-])cc2CNc2ccccc2O)cc1. The van der Waals surface area contributed by atoms with Crippen LogP contribution in [0.3, 0.4) is 0 Å². The minimum Gasteiger partial charge on any atom is -0.506 e. The van der Waals surface area contributed by atoms with E-state index in [-0.39, 0.29) is 11.4 Å². The molecule has 0 fully saturated rings. The normalized spacial score (nSPS) is 10.5. The summed E-state index contributed by atoms with van der Waals surface area (Å²) in [6.45, 7) is 2.40. The highest BCUT2D eigenvalue weighted by Crippen LogP contribution is 2.33. The van der Waals surface area contributed by atoms with Gasteiger partial charge in [0.15, 0.2) is 0 Å². The van der Waals surface area contributed by atoms with Crippen LogP contribution in [0.4, 0.5) is 11.4 Å². The number of rotatable bonds is 6. The maximum Gasteiger partial charge on any atom is 0.269 e. The second-order valence-corrected chi connectivity index (χ2v) is 6.95. The molecule has 0 aliphatic carbocycles. The first-order valence-electron chi connectivity index (χ1n) is 8.06. The van der Waals surface area contributed by atoms with Crippen LogP contribution in [0.2, 0.25) is 0 Å². The predicted molar refractivity (Wildman–Crippen MR) is 104 cm³/mol. The third-order valence-electron chi connectivity index (χ3n) is 3.88. The van der Waals surface area contributed by atoms with Gasteiger partial charge in [0.25, 0.3) is 5.69 Å². The van der Waals surface area contributed by atoms with Crippen molar-refractivity contribution in [3.05, 3.63) is 88.0 Å². The van der Waals surface area contributed by atoms with Gasteiger partial charge in [-0.3, -0.25) is 10.1 Å². The Balaban J connectivity index is 1.87. The summed E-state index contributed by atoms with van der Waals surface area (Å²) < 4.78 is 0. The van der Waals surface area contributed by atoms with Crippen LogP contribution in [0.1, 0.15) is 11.1 Å². The van der Waals surface area contributed by atoms with Gasteiger partial charge in [0.05, 0.1) is 10.6 Å². The molecule has 0 amide bonds. The van der Waals surface area contributed by atoms with Crippen LogP contribution in [0.25, 0.3) is 0 Å². The zero-order valence-electron chi connectivity index (χ0n) is 14.2. The monoisotopic (exact) mass is 366 g/mol. The number of para-hydroxylation sites is 2. The Labute approximate surface area is 155 Å². The fourth-order valence-corrected chi connectivity index (χ4v) is 3.39. The molecular weight excluding hydrogens is 348 g/mol. The zero-order chi connectivity index (χ0) is 18.5. The number of phenols is 1. The highest BCUT2D eigenvalue weighted by Gasteiger charge is 2.12. The van der Waals surface area contributed by atoms with Crippen molar-refractivity contribution in [3.8, 4) is 5.75 Å². The Bertz CT molecular complexity index is 927. The van der Waals surface area contributed by atoms with Gasteiger partial charge in [-0.25, -0.2) is 0 Å². The second kappa shape index (κ2) is 7.93. The van der Waals surface area contributed by atoms with Crippen molar-refractivity contribution in [2.75, 3.05) is 5.32 Å². The van der Waals surface area contributed by atoms with Gasteiger partial charge < -0.3 is 10.4 Å². The lowest BCUT2D eigenvalue weighted by Gasteiger charge is -2.12. The topological polar surface area (TPSA) is 75.4 Å². The number of benzene rings is 3. The molecule has 0 aromatic heterocycles. The number of anilines is 1. The van der Waals surface area contributed by atoms with E-state index in [0.717, 1.165) is 15.4 Å². The van der Waals surface area contributed by atoms with Crippen molar-refractivity contribution >= 4 is 23.1 Å². The van der Waals surface area contributed by atoms with E-state index in [9.17, 15) is 15.2 Å². The number of hydrogen-bond acceptors (Lipinski definition) is 5. The quantitative estimate of drug-likeness (QED) is 0.348. The van der Waals surface area contributed by atoms with E-state index in [1.54, 1.807) is 42.1 Å². The van der Waals surface area contributed by atoms with Crippen molar-refractivity contribution in [2.45, 2.75) is 23.3 Å². The molecule has 0 bridgehead atoms. The second-order valence-electron chi connectivity index (χ2n) is 5.83. The minimum atomic E-state index is -0.399. The summed E-state index contributed by atoms with van der Waals surface area (Å²) in [5, 5.41) is 24.2. The first kappa shape index (κ1) is 17.8. The van der Waals surface area contributed by atoms with Gasteiger partial charge in [0.2, 0.25) is 0 Å². The van der Waals surface area contributed by atoms with Crippen molar-refractivity contribution in [3.63, 3.8) is 0 Å². The van der Waals surface area contributed by atoms with Gasteiger partial charge >= 0.3 is 0 Å². The molecule has 6 heteroatoms. The zero-order valence-corrected chi connectivity index (χ0v) is 15.0. The Morgan fingerprint density at radius 1 is 1.08 bits per heavy atom. The average molecular weight is 366 g/mol. The maximum atomic E-state index is 11.1. The third-order valence-corrected chi connectivity index (χ3v) is 5.00. The molecule has 0 saturated heterocycles. The number of nitro groups is 1. The van der Waals surface area contributed by atoms with E-state index in [1.807, 2.05) is 37.3 Å². The summed E-state index contributed by atoms with van der Waals surface area (Å²) in [6, 6.07) is 19.9. The van der Waals surface area contributed by atoms with Crippen molar-refractivity contribution in [1.29, 1.82) is 0 Å². The Morgan fingerprint density at radius 3 is 2.50 bits per heavy atom. The van der Waals surface area contributed by atoms with E-state index in [4.69, 9.17) is 0 Å². The molecule has 0 atom stereocenters. The molecule has 0 aliphatic rings. The maximum absolute atomic E-state index is 11.1. The molecule has 0 saturated carbocycles. The van der Waals surface area contributed by atoms with Gasteiger partial charge in [0.1, 0.15) is 5.75 Å². The van der Waals surface area contributed by atoms with Crippen LogP contribution in [-0.2, 0) is 6.54 Å². The van der Waals surface area contributed by atoms with Gasteiger partial charge in [-0.05, 0) is 42.8 Å². The largest absolute Gasteiger partial charge is 0.506 e. The van der Waals surface area contributed by atoms with Crippen molar-refractivity contribution in [1.82, 2.24) is 0 Å². The number of non-ortho nitro benzene ring substituents is 1. The smallest absolute Gasteiger partial charge is 0.269 e. The molecule has 0 heterocycles. The van der Waals surface area contributed by atoms with Gasteiger partial charge in [0, 0.05) is 28.5 Å². The summed E-state index contributed by atoms with van der Waals surface area (Å²) in [5.41, 5.74) is 2.62. The minimum absolute atomic E-state index is 0.0485. The van der Waals surface area contributed by atoms with E-state index in [0.29, 0.717) is 12.2 Å². The number of hydrogen-bond donors (Lipinski definition) is 2. The molecule has 3 rings (SSSR count). The van der Waals surface area contributed by atoms with Crippen LogP contribution < -0.4 is 5.32 Å². The summed E-state index contributed by atoms with van der Waals surface area (Å²) in [4.78, 5) is 12.7. The Hall–Kier alpha value is -2.99. The number of phenolic OH excluding ortho intramolecular Hbond substituents is 1. The van der Waals surface area contributed by atoms with Crippen LogP contribution in [0.5, 0.6) is 5.75 Å². The molecule has 3 aromatic rings. The van der Waals surface area contributed by atoms with Crippen LogP contribution in [-0.4, -0.2) is 10.0 Å². The molecule has 26 heavy (non-hydrogen) atoms. The van der Waals surface area contributed by atoms with E-state index < -0.39 is 4.92 Å². The van der Waals surface area contributed by atoms with Crippen molar-refractivity contribution < 1.29 is 10.0 Å². The van der Waals surface area contributed by atoms with E-state index in [1.165, 1.54) is 11.6 Å². The highest BCUT2D eigenvalue weighted by molar-refractivity contribution is 7.99. The summed E-state index contributed by atoms with van der Waals surface area (Å²) in [7, 11) is 0. The van der Waals surface area contributed by atoms with E-state index in [2.05, 4.69) is 5.32 Å². The Kier molecular flexibility index (Phi) is 5.43. The van der Waals surface area contributed by atoms with Gasteiger partial charge in [-0.1, -0.05) is 41.6 Å². The van der Waals surface area contributed by atoms with Crippen LogP contribution >= 0.6 is 11.8 Å². The molecule has 0 radical (unpaired) electrons. The fourth-order valence-electron chi connectivity index (χ4n) is 2.46. The van der Waals surface area contributed by atoms with Crippen molar-refractivity contribution in [2.24, 2.45) is 0 Å². The first-order valence-corrected chi connectivity index (χ1v) is 8.88. The van der Waals surface area contributed by atoms with Gasteiger partial charge in [-0.2, -0.15) is 0 Å². The molecule has 5 nitrogen and oxygen atoms in total. The molecule has 2 N–H and O–H groups in total. The number of nitrogens with zero attached hydrogens (tertiary/aromatic N) is 1. The summed E-state index contributed by atoms with van der Waals surface area (Å²) in [5.74, 6) is 0.144. The number of nitrogens with one attached hydrogen (secondary N) is 1. The molecular formula is C20H18N2O3S. The summed E-state index contributed by atoms with van der Waals surface area (Å²) >= 11 is 1.56. The lowest BCUT2D eigenvalue weighted by molar-refractivity contribution is -0.385. The van der Waals surface area contributed by atoms with Gasteiger partial charge in [-0.15, -0.1) is 0 Å². The lowest BCUT2D eigenvalue weighted by atomic mass is 10.2. The number of aryl methyl sites for hydroxylation is 1. The first-order chi connectivity index (χ1) is 12.5. The summed E-state index contributed by atoms with van der Waals surface area (Å²) in [6.07, 6.45) is 0. The highest BCUT2D eigenvalue weighted by atomic mass is 32.2. The lowest BCUT2D eigenvalue weighted by Crippen LogP contribution is -2.02. The molecule has 0 unspecified atom stereocenters. The average Bonchev–Trinajstić information content (AvgIpc) is 2.63. The number of nitro benzene ring substituents is 1. The molecule has 132 valence electrons. The predicted octanol–water partition coefficient (Wildman–Crippen LogP) is 5.37.